The highest BCUT2D eigenvalue weighted by atomic mass is 35.5. The summed E-state index contributed by atoms with van der Waals surface area (Å²) in [6, 6.07) is 13.2. The largest absolute Gasteiger partial charge is 0.486 e. The first kappa shape index (κ1) is 12.8. The van der Waals surface area contributed by atoms with E-state index >= 15 is 0 Å². The summed E-state index contributed by atoms with van der Waals surface area (Å²) in [7, 11) is 0. The molecule has 1 heterocycles. The van der Waals surface area contributed by atoms with E-state index in [1.807, 2.05) is 37.3 Å². The second-order valence-corrected chi connectivity index (χ2v) is 5.02. The van der Waals surface area contributed by atoms with Crippen molar-refractivity contribution < 1.29 is 4.74 Å². The number of hydrogen-bond donors (Lipinski definition) is 2. The Bertz CT molecular complexity index is 736. The third-order valence-electron chi connectivity index (χ3n) is 3.13. The van der Waals surface area contributed by atoms with E-state index in [4.69, 9.17) is 22.1 Å². The number of imidazole rings is 1. The fourth-order valence-corrected chi connectivity index (χ4v) is 2.31. The predicted octanol–water partition coefficient (Wildman–Crippen LogP) is 3.94. The van der Waals surface area contributed by atoms with Crippen LogP contribution in [0.4, 0.5) is 5.95 Å². The monoisotopic (exact) mass is 287 g/mol. The average Bonchev–Trinajstić information content (AvgIpc) is 2.81. The van der Waals surface area contributed by atoms with Gasteiger partial charge in [-0.05, 0) is 37.3 Å². The molecule has 3 N–H and O–H groups in total. The number of nitrogens with zero attached hydrogens (tertiary/aromatic N) is 1. The van der Waals surface area contributed by atoms with Crippen molar-refractivity contribution in [3.8, 4) is 5.75 Å². The minimum absolute atomic E-state index is 0.137. The zero-order chi connectivity index (χ0) is 14.1. The third-order valence-corrected chi connectivity index (χ3v) is 3.38. The molecule has 0 aliphatic carbocycles. The molecule has 20 heavy (non-hydrogen) atoms. The summed E-state index contributed by atoms with van der Waals surface area (Å²) in [5.74, 6) is 1.17. The molecule has 102 valence electrons. The van der Waals surface area contributed by atoms with E-state index < -0.39 is 0 Å². The van der Waals surface area contributed by atoms with Crippen LogP contribution in [-0.2, 0) is 0 Å². The Labute approximate surface area is 121 Å². The minimum atomic E-state index is -0.137. The summed E-state index contributed by atoms with van der Waals surface area (Å²) >= 11 is 5.86. The number of nitrogen functional groups attached to an aromatic ring is 1. The van der Waals surface area contributed by atoms with Gasteiger partial charge in [0.1, 0.15) is 11.9 Å². The van der Waals surface area contributed by atoms with Crippen molar-refractivity contribution in [3.05, 3.63) is 53.1 Å². The van der Waals surface area contributed by atoms with Gasteiger partial charge in [-0.15, -0.1) is 0 Å². The van der Waals surface area contributed by atoms with Gasteiger partial charge in [-0.1, -0.05) is 23.7 Å². The maximum Gasteiger partial charge on any atom is 0.198 e. The molecule has 2 aromatic carbocycles. The number of nitrogens with two attached hydrogens (primary N) is 1. The van der Waals surface area contributed by atoms with Crippen LogP contribution in [0.15, 0.2) is 42.5 Å². The Balaban J connectivity index is 1.92. The fraction of sp³-hybridized carbons (Fsp3) is 0.133. The molecule has 1 atom stereocenters. The van der Waals surface area contributed by atoms with Crippen molar-refractivity contribution in [2.75, 3.05) is 5.73 Å². The lowest BCUT2D eigenvalue weighted by Crippen LogP contribution is -2.03. The molecule has 0 aliphatic rings. The first-order valence-corrected chi connectivity index (χ1v) is 6.67. The Morgan fingerprint density at radius 3 is 2.70 bits per heavy atom. The lowest BCUT2D eigenvalue weighted by molar-refractivity contribution is 0.228. The summed E-state index contributed by atoms with van der Waals surface area (Å²) in [5.41, 5.74) is 8.45. The number of fused-ring (bicyclic) bond motifs is 1. The first-order chi connectivity index (χ1) is 9.63. The molecule has 3 aromatic rings. The number of rotatable bonds is 3. The van der Waals surface area contributed by atoms with Crippen molar-refractivity contribution in [1.82, 2.24) is 9.97 Å². The van der Waals surface area contributed by atoms with Crippen LogP contribution in [0.2, 0.25) is 5.02 Å². The number of aromatic nitrogens is 2. The third kappa shape index (κ3) is 2.42. The van der Waals surface area contributed by atoms with Crippen LogP contribution in [0, 0.1) is 0 Å². The van der Waals surface area contributed by atoms with E-state index in [0.29, 0.717) is 11.0 Å². The summed E-state index contributed by atoms with van der Waals surface area (Å²) in [5, 5.41) is 0.687. The minimum Gasteiger partial charge on any atom is -0.486 e. The molecule has 0 fully saturated rings. The number of halogens is 1. The topological polar surface area (TPSA) is 63.9 Å². The Kier molecular flexibility index (Phi) is 3.24. The Morgan fingerprint density at radius 2 is 1.95 bits per heavy atom. The van der Waals surface area contributed by atoms with Crippen LogP contribution >= 0.6 is 11.6 Å². The number of nitrogens with one attached hydrogen (secondary N) is 1. The molecule has 1 aromatic heterocycles. The zero-order valence-electron chi connectivity index (χ0n) is 10.9. The molecule has 0 saturated heterocycles. The van der Waals surface area contributed by atoms with Crippen LogP contribution in [0.1, 0.15) is 18.6 Å². The lowest BCUT2D eigenvalue weighted by Gasteiger charge is -2.15. The second kappa shape index (κ2) is 5.06. The highest BCUT2D eigenvalue weighted by molar-refractivity contribution is 6.30. The molecule has 5 heteroatoms. The quantitative estimate of drug-likeness (QED) is 0.767. The van der Waals surface area contributed by atoms with Gasteiger partial charge in [0.2, 0.25) is 0 Å². The van der Waals surface area contributed by atoms with Gasteiger partial charge in [0.15, 0.2) is 5.95 Å². The summed E-state index contributed by atoms with van der Waals surface area (Å²) in [6.45, 7) is 1.98. The lowest BCUT2D eigenvalue weighted by atomic mass is 10.1. The zero-order valence-corrected chi connectivity index (χ0v) is 11.7. The molecule has 0 radical (unpaired) electrons. The van der Waals surface area contributed by atoms with Crippen molar-refractivity contribution in [2.45, 2.75) is 13.0 Å². The standard InChI is InChI=1S/C15H14ClN3O/c1-9(20-11-7-5-10(16)6-8-11)12-3-2-4-13-14(12)19-15(17)18-13/h2-9H,1H3,(H3,17,18,19). The van der Waals surface area contributed by atoms with Gasteiger partial charge in [-0.25, -0.2) is 4.98 Å². The van der Waals surface area contributed by atoms with E-state index in [1.54, 1.807) is 12.1 Å². The van der Waals surface area contributed by atoms with Crippen molar-refractivity contribution >= 4 is 28.6 Å². The average molecular weight is 288 g/mol. The molecule has 4 nitrogen and oxygen atoms in total. The number of anilines is 1. The molecule has 3 rings (SSSR count). The van der Waals surface area contributed by atoms with Crippen molar-refractivity contribution in [3.63, 3.8) is 0 Å². The molecular weight excluding hydrogens is 274 g/mol. The van der Waals surface area contributed by atoms with E-state index in [2.05, 4.69) is 9.97 Å². The highest BCUT2D eigenvalue weighted by Crippen LogP contribution is 2.27. The van der Waals surface area contributed by atoms with Gasteiger partial charge in [-0.2, -0.15) is 0 Å². The molecule has 0 bridgehead atoms. The van der Waals surface area contributed by atoms with E-state index in [0.717, 1.165) is 22.3 Å². The number of para-hydroxylation sites is 1. The maximum atomic E-state index is 5.92. The molecule has 0 spiro atoms. The predicted molar refractivity (Wildman–Crippen MR) is 81.0 cm³/mol. The Morgan fingerprint density at radius 1 is 1.20 bits per heavy atom. The number of ether oxygens (including phenoxy) is 1. The van der Waals surface area contributed by atoms with E-state index in [1.165, 1.54) is 0 Å². The Hall–Kier alpha value is -2.20. The van der Waals surface area contributed by atoms with Crippen LogP contribution in [0.25, 0.3) is 11.0 Å². The summed E-state index contributed by atoms with van der Waals surface area (Å²) < 4.78 is 5.92. The first-order valence-electron chi connectivity index (χ1n) is 6.30. The highest BCUT2D eigenvalue weighted by Gasteiger charge is 2.13. The normalized spacial score (nSPS) is 12.5. The summed E-state index contributed by atoms with van der Waals surface area (Å²) in [4.78, 5) is 7.33. The van der Waals surface area contributed by atoms with E-state index in [-0.39, 0.29) is 6.10 Å². The number of benzene rings is 2. The number of H-pyrrole nitrogens is 1. The molecule has 0 saturated carbocycles. The SMILES string of the molecule is CC(Oc1ccc(Cl)cc1)c1cccc2[nH]c(N)nc12. The molecular formula is C15H14ClN3O. The van der Waals surface area contributed by atoms with Gasteiger partial charge in [0.25, 0.3) is 0 Å². The van der Waals surface area contributed by atoms with Crippen molar-refractivity contribution in [1.29, 1.82) is 0 Å². The van der Waals surface area contributed by atoms with Gasteiger partial charge < -0.3 is 15.5 Å². The molecule has 0 aliphatic heterocycles. The van der Waals surface area contributed by atoms with E-state index in [9.17, 15) is 0 Å². The van der Waals surface area contributed by atoms with Gasteiger partial charge in [-0.3, -0.25) is 0 Å². The molecule has 1 unspecified atom stereocenters. The van der Waals surface area contributed by atoms with Crippen LogP contribution in [0.3, 0.4) is 0 Å². The van der Waals surface area contributed by atoms with Crippen LogP contribution in [0.5, 0.6) is 5.75 Å². The van der Waals surface area contributed by atoms with Gasteiger partial charge in [0, 0.05) is 10.6 Å². The van der Waals surface area contributed by atoms with Gasteiger partial charge >= 0.3 is 0 Å². The number of hydrogen-bond acceptors (Lipinski definition) is 3. The maximum absolute atomic E-state index is 5.92. The van der Waals surface area contributed by atoms with Crippen molar-refractivity contribution in [2.24, 2.45) is 0 Å². The van der Waals surface area contributed by atoms with Crippen LogP contribution < -0.4 is 10.5 Å². The molecule has 0 amide bonds. The fourth-order valence-electron chi connectivity index (χ4n) is 2.18. The summed E-state index contributed by atoms with van der Waals surface area (Å²) in [6.07, 6.45) is -0.137. The van der Waals surface area contributed by atoms with Crippen LogP contribution in [-0.4, -0.2) is 9.97 Å². The number of aromatic amines is 1. The smallest absolute Gasteiger partial charge is 0.198 e. The second-order valence-electron chi connectivity index (χ2n) is 4.58. The van der Waals surface area contributed by atoms with Gasteiger partial charge in [0.05, 0.1) is 11.0 Å².